The maximum absolute atomic E-state index is 12.8. The third-order valence-electron chi connectivity index (χ3n) is 4.07. The van der Waals surface area contributed by atoms with Crippen LogP contribution in [0, 0.1) is 0 Å². The Morgan fingerprint density at radius 1 is 1.20 bits per heavy atom. The summed E-state index contributed by atoms with van der Waals surface area (Å²) in [6, 6.07) is 4.95. The van der Waals surface area contributed by atoms with Gasteiger partial charge in [0.1, 0.15) is 11.5 Å². The molecule has 1 rings (SSSR count). The lowest BCUT2D eigenvalue weighted by Crippen LogP contribution is -2.40. The molecular formula is C20H35F2IN4O3. The number of rotatable bonds is 14. The van der Waals surface area contributed by atoms with Crippen LogP contribution in [0.15, 0.2) is 23.2 Å². The predicted octanol–water partition coefficient (Wildman–Crippen LogP) is 3.33. The first-order valence-electron chi connectivity index (χ1n) is 9.82. The summed E-state index contributed by atoms with van der Waals surface area (Å²) in [7, 11) is 5.40. The highest BCUT2D eigenvalue weighted by Crippen LogP contribution is 2.26. The summed E-state index contributed by atoms with van der Waals surface area (Å²) in [4.78, 5) is 6.36. The normalized spacial score (nSPS) is 11.4. The number of methoxy groups -OCH3 is 1. The minimum atomic E-state index is -2.90. The van der Waals surface area contributed by atoms with Gasteiger partial charge in [0.15, 0.2) is 5.96 Å². The van der Waals surface area contributed by atoms with Gasteiger partial charge in [-0.05, 0) is 32.0 Å². The molecular weight excluding hydrogens is 509 g/mol. The number of hydrogen-bond acceptors (Lipinski definition) is 5. The van der Waals surface area contributed by atoms with Crippen molar-refractivity contribution in [1.29, 1.82) is 0 Å². The van der Waals surface area contributed by atoms with Gasteiger partial charge in [-0.15, -0.1) is 24.0 Å². The van der Waals surface area contributed by atoms with Crippen molar-refractivity contribution in [2.45, 2.75) is 32.9 Å². The molecule has 0 aromatic heterocycles. The number of halogens is 3. The largest absolute Gasteiger partial charge is 0.493 e. The Balaban J connectivity index is 0.00000841. The number of likely N-dealkylation sites (N-methyl/N-ethyl adjacent to an activating group) is 1. The van der Waals surface area contributed by atoms with Crippen LogP contribution in [0.3, 0.4) is 0 Å². The Morgan fingerprint density at radius 2 is 1.97 bits per heavy atom. The Bertz CT molecular complexity index is 609. The monoisotopic (exact) mass is 544 g/mol. The molecule has 0 heterocycles. The minimum absolute atomic E-state index is 0. The summed E-state index contributed by atoms with van der Waals surface area (Å²) in [5, 5.41) is 6.34. The number of benzene rings is 1. The third kappa shape index (κ3) is 12.3. The zero-order valence-corrected chi connectivity index (χ0v) is 20.6. The number of aliphatic imine (C=N–C) groups is 1. The van der Waals surface area contributed by atoms with Crippen molar-refractivity contribution >= 4 is 29.9 Å². The molecule has 0 unspecified atom stereocenters. The second kappa shape index (κ2) is 17.3. The molecule has 0 bridgehead atoms. The van der Waals surface area contributed by atoms with Crippen molar-refractivity contribution in [2.75, 3.05) is 54.1 Å². The van der Waals surface area contributed by atoms with E-state index in [0.717, 1.165) is 32.5 Å². The summed E-state index contributed by atoms with van der Waals surface area (Å²) < 4.78 is 40.7. The second-order valence-corrected chi connectivity index (χ2v) is 6.50. The Labute approximate surface area is 195 Å². The molecule has 174 valence electrons. The Hall–Kier alpha value is -1.40. The van der Waals surface area contributed by atoms with Crippen LogP contribution in [0.4, 0.5) is 8.78 Å². The van der Waals surface area contributed by atoms with Gasteiger partial charge >= 0.3 is 6.61 Å². The number of nitrogens with one attached hydrogen (secondary N) is 2. The smallest absolute Gasteiger partial charge is 0.387 e. The van der Waals surface area contributed by atoms with Crippen LogP contribution in [0.25, 0.3) is 0 Å². The summed E-state index contributed by atoms with van der Waals surface area (Å²) in [5.74, 6) is 1.18. The summed E-state index contributed by atoms with van der Waals surface area (Å²) >= 11 is 0. The van der Waals surface area contributed by atoms with E-state index in [1.54, 1.807) is 26.3 Å². The Morgan fingerprint density at radius 3 is 2.60 bits per heavy atom. The lowest BCUT2D eigenvalue weighted by atomic mass is 10.2. The van der Waals surface area contributed by atoms with Gasteiger partial charge < -0.3 is 29.7 Å². The zero-order valence-electron chi connectivity index (χ0n) is 18.2. The lowest BCUT2D eigenvalue weighted by Gasteiger charge is -2.18. The fraction of sp³-hybridized carbons (Fsp3) is 0.650. The highest BCUT2D eigenvalue weighted by atomic mass is 127. The van der Waals surface area contributed by atoms with E-state index in [4.69, 9.17) is 9.47 Å². The zero-order chi connectivity index (χ0) is 21.5. The average molecular weight is 544 g/mol. The van der Waals surface area contributed by atoms with Crippen molar-refractivity contribution in [3.8, 4) is 11.5 Å². The van der Waals surface area contributed by atoms with Crippen molar-refractivity contribution in [1.82, 2.24) is 15.5 Å². The molecule has 2 N–H and O–H groups in total. The van der Waals surface area contributed by atoms with Crippen molar-refractivity contribution < 1.29 is 23.0 Å². The van der Waals surface area contributed by atoms with E-state index in [0.29, 0.717) is 37.0 Å². The van der Waals surface area contributed by atoms with Gasteiger partial charge in [-0.3, -0.25) is 4.99 Å². The highest BCUT2D eigenvalue weighted by Gasteiger charge is 2.12. The maximum Gasteiger partial charge on any atom is 0.387 e. The molecule has 7 nitrogen and oxygen atoms in total. The molecule has 30 heavy (non-hydrogen) atoms. The van der Waals surface area contributed by atoms with E-state index in [1.165, 1.54) is 6.07 Å². The van der Waals surface area contributed by atoms with E-state index in [2.05, 4.69) is 25.3 Å². The van der Waals surface area contributed by atoms with Gasteiger partial charge in [0.05, 0.1) is 6.61 Å². The van der Waals surface area contributed by atoms with Gasteiger partial charge in [0.25, 0.3) is 0 Å². The highest BCUT2D eigenvalue weighted by molar-refractivity contribution is 14.0. The minimum Gasteiger partial charge on any atom is -0.493 e. The van der Waals surface area contributed by atoms with E-state index in [9.17, 15) is 8.78 Å². The van der Waals surface area contributed by atoms with E-state index in [-0.39, 0.29) is 29.7 Å². The van der Waals surface area contributed by atoms with E-state index in [1.807, 2.05) is 14.0 Å². The van der Waals surface area contributed by atoms with Crippen LogP contribution in [-0.2, 0) is 11.3 Å². The first-order valence-corrected chi connectivity index (χ1v) is 9.82. The predicted molar refractivity (Wildman–Crippen MR) is 126 cm³/mol. The first-order chi connectivity index (χ1) is 14.0. The quantitative estimate of drug-likeness (QED) is 0.162. The molecule has 0 spiro atoms. The maximum atomic E-state index is 12.8. The molecule has 0 saturated carbocycles. The second-order valence-electron chi connectivity index (χ2n) is 6.50. The van der Waals surface area contributed by atoms with Crippen molar-refractivity contribution in [2.24, 2.45) is 4.99 Å². The molecule has 1 aromatic carbocycles. The fourth-order valence-corrected chi connectivity index (χ4v) is 2.55. The molecule has 0 radical (unpaired) electrons. The van der Waals surface area contributed by atoms with Crippen LogP contribution in [0.1, 0.15) is 25.3 Å². The average Bonchev–Trinajstić information content (AvgIpc) is 2.69. The molecule has 0 atom stereocenters. The lowest BCUT2D eigenvalue weighted by molar-refractivity contribution is -0.0505. The number of hydrogen-bond donors (Lipinski definition) is 2. The molecule has 10 heteroatoms. The van der Waals surface area contributed by atoms with Crippen LogP contribution in [-0.4, -0.2) is 71.5 Å². The molecule has 1 aromatic rings. The van der Waals surface area contributed by atoms with Crippen LogP contribution in [0.2, 0.25) is 0 Å². The SMILES string of the molecule is CCCOc1ccc(CNC(=NC)NCCN(C)CCCOC)c(OC(F)F)c1.I. The van der Waals surface area contributed by atoms with Crippen molar-refractivity contribution in [3.63, 3.8) is 0 Å². The number of ether oxygens (including phenoxy) is 3. The van der Waals surface area contributed by atoms with E-state index < -0.39 is 6.61 Å². The van der Waals surface area contributed by atoms with Gasteiger partial charge in [0, 0.05) is 58.6 Å². The number of alkyl halides is 2. The van der Waals surface area contributed by atoms with Gasteiger partial charge in [-0.2, -0.15) is 8.78 Å². The molecule has 0 aliphatic carbocycles. The first kappa shape index (κ1) is 28.6. The number of nitrogens with zero attached hydrogens (tertiary/aromatic N) is 2. The van der Waals surface area contributed by atoms with Crippen LogP contribution >= 0.6 is 24.0 Å². The summed E-state index contributed by atoms with van der Waals surface area (Å²) in [5.41, 5.74) is 0.591. The van der Waals surface area contributed by atoms with Gasteiger partial charge in [0.2, 0.25) is 0 Å². The summed E-state index contributed by atoms with van der Waals surface area (Å²) in [6.07, 6.45) is 1.81. The van der Waals surface area contributed by atoms with Crippen LogP contribution in [0.5, 0.6) is 11.5 Å². The molecule has 0 aliphatic heterocycles. The Kier molecular flexibility index (Phi) is 16.5. The molecule has 0 saturated heterocycles. The topological polar surface area (TPSA) is 67.4 Å². The number of guanidine groups is 1. The van der Waals surface area contributed by atoms with Gasteiger partial charge in [-0.1, -0.05) is 6.92 Å². The standard InChI is InChI=1S/C20H34F2N4O3.HI/c1-5-12-28-17-8-7-16(18(14-17)29-19(21)22)15-25-20(23-2)24-9-11-26(3)10-6-13-27-4;/h7-8,14,19H,5-6,9-13,15H2,1-4H3,(H2,23,24,25);1H. The van der Waals surface area contributed by atoms with Crippen molar-refractivity contribution in [3.05, 3.63) is 23.8 Å². The summed E-state index contributed by atoms with van der Waals surface area (Å²) in [6.45, 7) is 3.11. The van der Waals surface area contributed by atoms with E-state index >= 15 is 0 Å². The molecule has 0 amide bonds. The van der Waals surface area contributed by atoms with Gasteiger partial charge in [-0.25, -0.2) is 0 Å². The fourth-order valence-electron chi connectivity index (χ4n) is 2.55. The van der Waals surface area contributed by atoms with Crippen LogP contribution < -0.4 is 20.1 Å². The molecule has 0 aliphatic rings. The molecule has 0 fully saturated rings. The third-order valence-corrected chi connectivity index (χ3v) is 4.07.